The molecule has 92 valence electrons. The van der Waals surface area contributed by atoms with E-state index in [0.717, 1.165) is 5.75 Å². The van der Waals surface area contributed by atoms with Crippen LogP contribution in [0.2, 0.25) is 0 Å². The Hall–Kier alpha value is -1.29. The molecule has 1 nitrogen and oxygen atoms in total. The fourth-order valence-electron chi connectivity index (χ4n) is 1.76. The number of methoxy groups -OCH3 is 1. The molecule has 0 aliphatic heterocycles. The molecule has 2 heteroatoms. The van der Waals surface area contributed by atoms with Crippen LogP contribution in [-0.2, 0) is 0 Å². The number of halogens is 1. The van der Waals surface area contributed by atoms with E-state index in [9.17, 15) is 0 Å². The number of rotatable bonds is 3. The Labute approximate surface area is 122 Å². The number of hydrogen-bond donors (Lipinski definition) is 0. The molecular weight excluding hydrogens is 335 g/mol. The third-order valence-electron chi connectivity index (χ3n) is 2.82. The Balaban J connectivity index is 2.30. The number of benzene rings is 2. The van der Waals surface area contributed by atoms with E-state index in [1.165, 1.54) is 20.3 Å². The van der Waals surface area contributed by atoms with E-state index < -0.39 is 0 Å². The minimum atomic E-state index is 0.890. The molecule has 0 aliphatic rings. The molecule has 0 aromatic heterocycles. The molecule has 2 aromatic carbocycles. The van der Waals surface area contributed by atoms with Crippen LogP contribution < -0.4 is 4.74 Å². The van der Waals surface area contributed by atoms with Gasteiger partial charge in [0, 0.05) is 3.57 Å². The van der Waals surface area contributed by atoms with Crippen molar-refractivity contribution in [3.8, 4) is 5.75 Å². The van der Waals surface area contributed by atoms with Crippen molar-refractivity contribution >= 4 is 34.2 Å². The third-order valence-corrected chi connectivity index (χ3v) is 3.80. The van der Waals surface area contributed by atoms with E-state index >= 15 is 0 Å². The summed E-state index contributed by atoms with van der Waals surface area (Å²) in [5.41, 5.74) is 3.73. The van der Waals surface area contributed by atoms with Crippen LogP contribution in [0.5, 0.6) is 5.75 Å². The van der Waals surface area contributed by atoms with Crippen LogP contribution in [-0.4, -0.2) is 7.11 Å². The maximum Gasteiger partial charge on any atom is 0.118 e. The first-order valence-electron chi connectivity index (χ1n) is 5.78. The molecule has 2 rings (SSSR count). The van der Waals surface area contributed by atoms with Crippen molar-refractivity contribution in [2.75, 3.05) is 7.11 Å². The van der Waals surface area contributed by atoms with Crippen LogP contribution in [0.3, 0.4) is 0 Å². The second-order valence-corrected chi connectivity index (χ2v) is 5.24. The van der Waals surface area contributed by atoms with Gasteiger partial charge < -0.3 is 4.74 Å². The summed E-state index contributed by atoms with van der Waals surface area (Å²) < 4.78 is 6.43. The van der Waals surface area contributed by atoms with Gasteiger partial charge in [0.05, 0.1) is 7.11 Å². The van der Waals surface area contributed by atoms with Crippen LogP contribution in [0.4, 0.5) is 0 Å². The highest BCUT2D eigenvalue weighted by Crippen LogP contribution is 2.22. The first-order valence-corrected chi connectivity index (χ1v) is 6.86. The molecule has 0 spiro atoms. The SMILES string of the molecule is COc1ccc(C(C)=Cc2ccccc2I)cc1. The predicted molar refractivity (Wildman–Crippen MR) is 85.7 cm³/mol. The molecule has 0 atom stereocenters. The second kappa shape index (κ2) is 6.05. The van der Waals surface area contributed by atoms with Gasteiger partial charge in [0.2, 0.25) is 0 Å². The summed E-state index contributed by atoms with van der Waals surface area (Å²) in [7, 11) is 1.68. The summed E-state index contributed by atoms with van der Waals surface area (Å²) in [6, 6.07) is 16.5. The fourth-order valence-corrected chi connectivity index (χ4v) is 2.31. The lowest BCUT2D eigenvalue weighted by atomic mass is 10.0. The van der Waals surface area contributed by atoms with Gasteiger partial charge in [0.25, 0.3) is 0 Å². The van der Waals surface area contributed by atoms with E-state index in [2.05, 4.69) is 72.0 Å². The highest BCUT2D eigenvalue weighted by Gasteiger charge is 1.99. The van der Waals surface area contributed by atoms with Gasteiger partial charge >= 0.3 is 0 Å². The van der Waals surface area contributed by atoms with Crippen molar-refractivity contribution < 1.29 is 4.74 Å². The van der Waals surface area contributed by atoms with Gasteiger partial charge in [-0.1, -0.05) is 36.4 Å². The summed E-state index contributed by atoms with van der Waals surface area (Å²) in [6.07, 6.45) is 2.21. The monoisotopic (exact) mass is 350 g/mol. The highest BCUT2D eigenvalue weighted by molar-refractivity contribution is 14.1. The van der Waals surface area contributed by atoms with Crippen LogP contribution in [0.1, 0.15) is 18.1 Å². The molecule has 0 saturated heterocycles. The molecule has 0 fully saturated rings. The van der Waals surface area contributed by atoms with E-state index in [0.29, 0.717) is 0 Å². The van der Waals surface area contributed by atoms with Crippen LogP contribution in [0, 0.1) is 3.57 Å². The molecule has 0 radical (unpaired) electrons. The summed E-state index contributed by atoms with van der Waals surface area (Å²) in [5, 5.41) is 0. The van der Waals surface area contributed by atoms with Crippen molar-refractivity contribution in [3.63, 3.8) is 0 Å². The van der Waals surface area contributed by atoms with Gasteiger partial charge in [-0.05, 0) is 64.4 Å². The standard InChI is InChI=1S/C16H15IO/c1-12(11-14-5-3-4-6-16(14)17)13-7-9-15(18-2)10-8-13/h3-11H,1-2H3. The zero-order valence-electron chi connectivity index (χ0n) is 10.5. The topological polar surface area (TPSA) is 9.23 Å². The van der Waals surface area contributed by atoms with Gasteiger partial charge in [-0.15, -0.1) is 0 Å². The molecule has 0 saturated carbocycles. The Kier molecular flexibility index (Phi) is 4.42. The summed E-state index contributed by atoms with van der Waals surface area (Å²) in [4.78, 5) is 0. The molecule has 2 aromatic rings. The van der Waals surface area contributed by atoms with Crippen LogP contribution in [0.25, 0.3) is 11.6 Å². The molecule has 0 N–H and O–H groups in total. The average Bonchev–Trinajstić information content (AvgIpc) is 2.41. The van der Waals surface area contributed by atoms with Crippen molar-refractivity contribution in [2.45, 2.75) is 6.92 Å². The van der Waals surface area contributed by atoms with Crippen LogP contribution in [0.15, 0.2) is 48.5 Å². The Bertz CT molecular complexity index is 556. The number of hydrogen-bond acceptors (Lipinski definition) is 1. The van der Waals surface area contributed by atoms with Crippen LogP contribution >= 0.6 is 22.6 Å². The second-order valence-electron chi connectivity index (χ2n) is 4.08. The van der Waals surface area contributed by atoms with Gasteiger partial charge in [-0.25, -0.2) is 0 Å². The summed E-state index contributed by atoms with van der Waals surface area (Å²) in [5.74, 6) is 0.890. The number of ether oxygens (including phenoxy) is 1. The zero-order chi connectivity index (χ0) is 13.0. The highest BCUT2D eigenvalue weighted by atomic mass is 127. The van der Waals surface area contributed by atoms with Gasteiger partial charge in [-0.2, -0.15) is 0 Å². The fraction of sp³-hybridized carbons (Fsp3) is 0.125. The molecule has 0 aliphatic carbocycles. The Morgan fingerprint density at radius 3 is 2.33 bits per heavy atom. The van der Waals surface area contributed by atoms with E-state index in [1.807, 2.05) is 12.1 Å². The summed E-state index contributed by atoms with van der Waals surface area (Å²) >= 11 is 2.36. The molecule has 0 unspecified atom stereocenters. The first-order chi connectivity index (χ1) is 8.70. The Morgan fingerprint density at radius 1 is 1.06 bits per heavy atom. The van der Waals surface area contributed by atoms with Gasteiger partial charge in [0.15, 0.2) is 0 Å². The van der Waals surface area contributed by atoms with Crippen molar-refractivity contribution in [1.82, 2.24) is 0 Å². The molecular formula is C16H15IO. The minimum absolute atomic E-state index is 0.890. The van der Waals surface area contributed by atoms with Crippen molar-refractivity contribution in [1.29, 1.82) is 0 Å². The van der Waals surface area contributed by atoms with E-state index in [-0.39, 0.29) is 0 Å². The molecule has 0 heterocycles. The predicted octanol–water partition coefficient (Wildman–Crippen LogP) is 4.86. The quantitative estimate of drug-likeness (QED) is 0.567. The maximum absolute atomic E-state index is 5.17. The normalized spacial score (nSPS) is 11.4. The largest absolute Gasteiger partial charge is 0.497 e. The average molecular weight is 350 g/mol. The van der Waals surface area contributed by atoms with Crippen molar-refractivity contribution in [3.05, 3.63) is 63.2 Å². The lowest BCUT2D eigenvalue weighted by Crippen LogP contribution is -1.85. The minimum Gasteiger partial charge on any atom is -0.497 e. The molecule has 0 amide bonds. The van der Waals surface area contributed by atoms with Crippen molar-refractivity contribution in [2.24, 2.45) is 0 Å². The lowest BCUT2D eigenvalue weighted by Gasteiger charge is -2.05. The number of allylic oxidation sites excluding steroid dienone is 1. The molecule has 18 heavy (non-hydrogen) atoms. The van der Waals surface area contributed by atoms with E-state index in [4.69, 9.17) is 4.74 Å². The zero-order valence-corrected chi connectivity index (χ0v) is 12.6. The Morgan fingerprint density at radius 2 is 1.72 bits per heavy atom. The first kappa shape index (κ1) is 13.1. The summed E-state index contributed by atoms with van der Waals surface area (Å²) in [6.45, 7) is 2.13. The molecule has 0 bridgehead atoms. The van der Waals surface area contributed by atoms with Gasteiger partial charge in [0.1, 0.15) is 5.75 Å². The maximum atomic E-state index is 5.17. The lowest BCUT2D eigenvalue weighted by molar-refractivity contribution is 0.415. The smallest absolute Gasteiger partial charge is 0.118 e. The third kappa shape index (κ3) is 3.13. The van der Waals surface area contributed by atoms with E-state index in [1.54, 1.807) is 7.11 Å². The van der Waals surface area contributed by atoms with Gasteiger partial charge in [-0.3, -0.25) is 0 Å².